The molecule has 1 aliphatic rings. The first-order chi connectivity index (χ1) is 5.12. The highest BCUT2D eigenvalue weighted by atomic mass is 19.3. The quantitative estimate of drug-likeness (QED) is 0.668. The Morgan fingerprint density at radius 1 is 1.45 bits per heavy atom. The van der Waals surface area contributed by atoms with Gasteiger partial charge in [-0.3, -0.25) is 0 Å². The van der Waals surface area contributed by atoms with Crippen LogP contribution in [-0.2, 0) is 0 Å². The Labute approximate surface area is 66.2 Å². The van der Waals surface area contributed by atoms with Gasteiger partial charge in [0.25, 0.3) is 6.43 Å². The van der Waals surface area contributed by atoms with Gasteiger partial charge < -0.3 is 5.32 Å². The largest absolute Gasteiger partial charge is 0.311 e. The summed E-state index contributed by atoms with van der Waals surface area (Å²) in [4.78, 5) is 0. The lowest BCUT2D eigenvalue weighted by atomic mass is 9.70. The zero-order valence-electron chi connectivity index (χ0n) is 6.87. The van der Waals surface area contributed by atoms with Crippen molar-refractivity contribution in [2.45, 2.75) is 32.6 Å². The zero-order chi connectivity index (χ0) is 8.32. The third-order valence-corrected chi connectivity index (χ3v) is 2.41. The van der Waals surface area contributed by atoms with Gasteiger partial charge in [0.05, 0.1) is 6.54 Å². The first-order valence-corrected chi connectivity index (χ1v) is 4.11. The summed E-state index contributed by atoms with van der Waals surface area (Å²) >= 11 is 0. The Kier molecular flexibility index (Phi) is 2.82. The van der Waals surface area contributed by atoms with Crippen LogP contribution in [0.5, 0.6) is 0 Å². The topological polar surface area (TPSA) is 12.0 Å². The van der Waals surface area contributed by atoms with Gasteiger partial charge in [-0.05, 0) is 18.3 Å². The van der Waals surface area contributed by atoms with Crippen molar-refractivity contribution in [1.82, 2.24) is 5.32 Å². The third kappa shape index (κ3) is 2.73. The number of alkyl halides is 2. The van der Waals surface area contributed by atoms with E-state index in [0.29, 0.717) is 5.41 Å². The smallest absolute Gasteiger partial charge is 0.250 e. The van der Waals surface area contributed by atoms with Gasteiger partial charge in [-0.1, -0.05) is 13.3 Å². The average Bonchev–Trinajstić information content (AvgIpc) is 1.83. The first kappa shape index (κ1) is 8.91. The van der Waals surface area contributed by atoms with Crippen molar-refractivity contribution in [3.05, 3.63) is 0 Å². The minimum absolute atomic E-state index is 0.157. The van der Waals surface area contributed by atoms with E-state index in [0.717, 1.165) is 6.54 Å². The van der Waals surface area contributed by atoms with Crippen LogP contribution in [0.4, 0.5) is 8.78 Å². The normalized spacial score (nSPS) is 21.8. The number of nitrogens with one attached hydrogen (secondary N) is 1. The summed E-state index contributed by atoms with van der Waals surface area (Å²) in [5, 5.41) is 2.78. The summed E-state index contributed by atoms with van der Waals surface area (Å²) in [6.45, 7) is 2.74. The SMILES string of the molecule is CC1(CNCC(F)F)CCC1. The molecule has 0 spiro atoms. The highest BCUT2D eigenvalue weighted by Gasteiger charge is 2.31. The van der Waals surface area contributed by atoms with Gasteiger partial charge in [-0.2, -0.15) is 0 Å². The Balaban J connectivity index is 2.02. The molecule has 1 aliphatic carbocycles. The maximum Gasteiger partial charge on any atom is 0.250 e. The molecule has 0 aromatic carbocycles. The van der Waals surface area contributed by atoms with Crippen LogP contribution in [0.25, 0.3) is 0 Å². The van der Waals surface area contributed by atoms with Crippen molar-refractivity contribution in [3.8, 4) is 0 Å². The van der Waals surface area contributed by atoms with Crippen LogP contribution in [0.2, 0.25) is 0 Å². The maximum absolute atomic E-state index is 11.7. The summed E-state index contributed by atoms with van der Waals surface area (Å²) in [6, 6.07) is 0. The molecule has 11 heavy (non-hydrogen) atoms. The molecule has 0 aliphatic heterocycles. The van der Waals surface area contributed by atoms with E-state index in [1.807, 2.05) is 0 Å². The van der Waals surface area contributed by atoms with Crippen LogP contribution in [0, 0.1) is 5.41 Å². The fraction of sp³-hybridized carbons (Fsp3) is 1.00. The lowest BCUT2D eigenvalue weighted by Gasteiger charge is -2.38. The van der Waals surface area contributed by atoms with Crippen molar-refractivity contribution in [1.29, 1.82) is 0 Å². The number of rotatable bonds is 4. The summed E-state index contributed by atoms with van der Waals surface area (Å²) in [6.07, 6.45) is 1.41. The first-order valence-electron chi connectivity index (χ1n) is 4.11. The third-order valence-electron chi connectivity index (χ3n) is 2.41. The van der Waals surface area contributed by atoms with Gasteiger partial charge in [0.15, 0.2) is 0 Å². The number of hydrogen-bond acceptors (Lipinski definition) is 1. The monoisotopic (exact) mass is 163 g/mol. The lowest BCUT2D eigenvalue weighted by Crippen LogP contribution is -2.38. The van der Waals surface area contributed by atoms with Crippen molar-refractivity contribution in [2.24, 2.45) is 5.41 Å². The Hall–Kier alpha value is -0.180. The van der Waals surface area contributed by atoms with E-state index in [-0.39, 0.29) is 6.54 Å². The second-order valence-electron chi connectivity index (χ2n) is 3.69. The molecule has 0 bridgehead atoms. The van der Waals surface area contributed by atoms with Gasteiger partial charge >= 0.3 is 0 Å². The van der Waals surface area contributed by atoms with E-state index in [2.05, 4.69) is 12.2 Å². The Morgan fingerprint density at radius 2 is 2.09 bits per heavy atom. The molecule has 1 rings (SSSR count). The molecule has 1 fully saturated rings. The van der Waals surface area contributed by atoms with Gasteiger partial charge in [0.1, 0.15) is 0 Å². The molecule has 1 saturated carbocycles. The highest BCUT2D eigenvalue weighted by molar-refractivity contribution is 4.85. The van der Waals surface area contributed by atoms with Crippen molar-refractivity contribution >= 4 is 0 Å². The van der Waals surface area contributed by atoms with Crippen LogP contribution >= 0.6 is 0 Å². The minimum atomic E-state index is -2.21. The molecular weight excluding hydrogens is 148 g/mol. The van der Waals surface area contributed by atoms with Crippen LogP contribution in [-0.4, -0.2) is 19.5 Å². The molecule has 0 amide bonds. The molecule has 0 aromatic rings. The molecule has 0 atom stereocenters. The fourth-order valence-electron chi connectivity index (χ4n) is 1.44. The Bertz CT molecular complexity index is 121. The lowest BCUT2D eigenvalue weighted by molar-refractivity contribution is 0.118. The van der Waals surface area contributed by atoms with Gasteiger partial charge in [-0.15, -0.1) is 0 Å². The van der Waals surface area contributed by atoms with Crippen molar-refractivity contribution < 1.29 is 8.78 Å². The molecule has 0 aromatic heterocycles. The molecule has 0 saturated heterocycles. The second kappa shape index (κ2) is 3.48. The summed E-state index contributed by atoms with van der Waals surface area (Å²) in [7, 11) is 0. The maximum atomic E-state index is 11.7. The second-order valence-corrected chi connectivity index (χ2v) is 3.69. The predicted octanol–water partition coefficient (Wildman–Crippen LogP) is 2.03. The van der Waals surface area contributed by atoms with E-state index < -0.39 is 6.43 Å². The Morgan fingerprint density at radius 3 is 2.45 bits per heavy atom. The van der Waals surface area contributed by atoms with Crippen LogP contribution in [0.15, 0.2) is 0 Å². The number of hydrogen-bond donors (Lipinski definition) is 1. The van der Waals surface area contributed by atoms with E-state index in [1.54, 1.807) is 0 Å². The highest BCUT2D eigenvalue weighted by Crippen LogP contribution is 2.39. The van der Waals surface area contributed by atoms with E-state index in [1.165, 1.54) is 19.3 Å². The minimum Gasteiger partial charge on any atom is -0.311 e. The number of halogens is 2. The van der Waals surface area contributed by atoms with E-state index >= 15 is 0 Å². The average molecular weight is 163 g/mol. The molecular formula is C8H15F2N. The summed E-state index contributed by atoms with van der Waals surface area (Å²) < 4.78 is 23.3. The van der Waals surface area contributed by atoms with Gasteiger partial charge in [-0.25, -0.2) is 8.78 Å². The fourth-order valence-corrected chi connectivity index (χ4v) is 1.44. The molecule has 1 N–H and O–H groups in total. The summed E-state index contributed by atoms with van der Waals surface area (Å²) in [5.74, 6) is 0. The molecule has 1 nitrogen and oxygen atoms in total. The molecule has 0 radical (unpaired) electrons. The van der Waals surface area contributed by atoms with Crippen LogP contribution in [0.1, 0.15) is 26.2 Å². The molecule has 0 heterocycles. The van der Waals surface area contributed by atoms with Crippen molar-refractivity contribution in [3.63, 3.8) is 0 Å². The van der Waals surface area contributed by atoms with E-state index in [9.17, 15) is 8.78 Å². The van der Waals surface area contributed by atoms with Crippen LogP contribution in [0.3, 0.4) is 0 Å². The van der Waals surface area contributed by atoms with Crippen molar-refractivity contribution in [2.75, 3.05) is 13.1 Å². The van der Waals surface area contributed by atoms with Gasteiger partial charge in [0.2, 0.25) is 0 Å². The standard InChI is InChI=1S/C8H15F2N/c1-8(3-2-4-8)6-11-5-7(9)10/h7,11H,2-6H2,1H3. The molecule has 0 unspecified atom stereocenters. The molecule has 66 valence electrons. The summed E-state index contributed by atoms with van der Waals surface area (Å²) in [5.41, 5.74) is 0.314. The van der Waals surface area contributed by atoms with Crippen LogP contribution < -0.4 is 5.32 Å². The van der Waals surface area contributed by atoms with E-state index in [4.69, 9.17) is 0 Å². The molecule has 3 heteroatoms. The van der Waals surface area contributed by atoms with Gasteiger partial charge in [0, 0.05) is 6.54 Å². The predicted molar refractivity (Wildman–Crippen MR) is 40.8 cm³/mol. The zero-order valence-corrected chi connectivity index (χ0v) is 6.87.